The van der Waals surface area contributed by atoms with Crippen LogP contribution >= 0.6 is 0 Å². The summed E-state index contributed by atoms with van der Waals surface area (Å²) in [5, 5.41) is 0. The Morgan fingerprint density at radius 2 is 1.88 bits per heavy atom. The zero-order valence-electron chi connectivity index (χ0n) is 9.85. The molecule has 0 bridgehead atoms. The van der Waals surface area contributed by atoms with E-state index in [9.17, 15) is 9.59 Å². The monoisotopic (exact) mass is 236 g/mol. The van der Waals surface area contributed by atoms with Crippen molar-refractivity contribution in [2.45, 2.75) is 26.2 Å². The molecule has 17 heavy (non-hydrogen) atoms. The van der Waals surface area contributed by atoms with Gasteiger partial charge in [0.1, 0.15) is 0 Å². The van der Waals surface area contributed by atoms with Gasteiger partial charge in [-0.2, -0.15) is 4.89 Å². The summed E-state index contributed by atoms with van der Waals surface area (Å²) in [6.45, 7) is 1.82. The maximum atomic E-state index is 11.4. The molecule has 0 fully saturated rings. The van der Waals surface area contributed by atoms with E-state index >= 15 is 0 Å². The van der Waals surface area contributed by atoms with Gasteiger partial charge in [0.25, 0.3) is 0 Å². The molecular formula is C13H16O4. The molecule has 0 atom stereocenters. The van der Waals surface area contributed by atoms with Crippen molar-refractivity contribution in [2.75, 3.05) is 6.61 Å². The molecule has 0 amide bonds. The topological polar surface area (TPSA) is 52.6 Å². The van der Waals surface area contributed by atoms with E-state index in [0.29, 0.717) is 12.0 Å². The summed E-state index contributed by atoms with van der Waals surface area (Å²) in [7, 11) is 0. The number of Topliss-reactive ketones (excluding diaryl/α,β-unsaturated/α-hetero) is 1. The van der Waals surface area contributed by atoms with Crippen molar-refractivity contribution in [1.82, 2.24) is 0 Å². The van der Waals surface area contributed by atoms with Crippen molar-refractivity contribution in [2.24, 2.45) is 0 Å². The minimum Gasteiger partial charge on any atom is -0.297 e. The van der Waals surface area contributed by atoms with Gasteiger partial charge in [0.2, 0.25) is 0 Å². The highest BCUT2D eigenvalue weighted by Crippen LogP contribution is 2.02. The van der Waals surface area contributed by atoms with Crippen molar-refractivity contribution >= 4 is 11.8 Å². The standard InChI is InChI=1S/C13H16O4/c1-2-3-9-12(14)10-16-17-13(15)11-7-5-4-6-8-11/h4-8H,2-3,9-10H2,1H3. The van der Waals surface area contributed by atoms with Crippen molar-refractivity contribution < 1.29 is 19.4 Å². The van der Waals surface area contributed by atoms with Gasteiger partial charge in [-0.1, -0.05) is 31.5 Å². The molecule has 1 aromatic rings. The number of hydrogen-bond acceptors (Lipinski definition) is 4. The molecule has 1 rings (SSSR count). The second-order valence-corrected chi connectivity index (χ2v) is 3.64. The average molecular weight is 236 g/mol. The van der Waals surface area contributed by atoms with E-state index in [1.165, 1.54) is 0 Å². The second-order valence-electron chi connectivity index (χ2n) is 3.64. The molecule has 0 aliphatic heterocycles. The number of unbranched alkanes of at least 4 members (excludes halogenated alkanes) is 1. The van der Waals surface area contributed by atoms with E-state index in [2.05, 4.69) is 9.78 Å². The summed E-state index contributed by atoms with van der Waals surface area (Å²) >= 11 is 0. The van der Waals surface area contributed by atoms with Crippen LogP contribution in [0.3, 0.4) is 0 Å². The largest absolute Gasteiger partial charge is 0.373 e. The first-order valence-electron chi connectivity index (χ1n) is 5.64. The average Bonchev–Trinajstić information content (AvgIpc) is 2.37. The normalized spacial score (nSPS) is 9.94. The number of rotatable bonds is 7. The Morgan fingerprint density at radius 3 is 2.53 bits per heavy atom. The van der Waals surface area contributed by atoms with Gasteiger partial charge >= 0.3 is 5.97 Å². The summed E-state index contributed by atoms with van der Waals surface area (Å²) in [6.07, 6.45) is 2.24. The molecule has 4 heteroatoms. The van der Waals surface area contributed by atoms with Crippen molar-refractivity contribution in [3.05, 3.63) is 35.9 Å². The lowest BCUT2D eigenvalue weighted by atomic mass is 10.2. The first kappa shape index (κ1) is 13.4. The van der Waals surface area contributed by atoms with E-state index in [4.69, 9.17) is 0 Å². The van der Waals surface area contributed by atoms with Gasteiger partial charge in [0.15, 0.2) is 12.4 Å². The lowest BCUT2D eigenvalue weighted by Gasteiger charge is -2.02. The number of benzene rings is 1. The molecule has 0 saturated carbocycles. The van der Waals surface area contributed by atoms with Gasteiger partial charge in [-0.15, -0.1) is 0 Å². The van der Waals surface area contributed by atoms with Crippen LogP contribution in [0.25, 0.3) is 0 Å². The van der Waals surface area contributed by atoms with E-state index < -0.39 is 5.97 Å². The van der Waals surface area contributed by atoms with Crippen LogP contribution in [0.15, 0.2) is 30.3 Å². The highest BCUT2D eigenvalue weighted by atomic mass is 17.2. The fourth-order valence-electron chi connectivity index (χ4n) is 1.22. The Bertz CT molecular complexity index is 359. The van der Waals surface area contributed by atoms with Gasteiger partial charge in [-0.05, 0) is 18.6 Å². The molecule has 0 aromatic heterocycles. The lowest BCUT2D eigenvalue weighted by Crippen LogP contribution is -2.12. The van der Waals surface area contributed by atoms with Crippen LogP contribution in [0.5, 0.6) is 0 Å². The Balaban J connectivity index is 2.23. The van der Waals surface area contributed by atoms with Crippen LogP contribution in [-0.2, 0) is 14.6 Å². The predicted molar refractivity (Wildman–Crippen MR) is 62.3 cm³/mol. The van der Waals surface area contributed by atoms with Crippen LogP contribution < -0.4 is 0 Å². The number of ketones is 1. The van der Waals surface area contributed by atoms with Gasteiger partial charge < -0.3 is 0 Å². The van der Waals surface area contributed by atoms with E-state index in [-0.39, 0.29) is 12.4 Å². The Kier molecular flexibility index (Phi) is 5.96. The van der Waals surface area contributed by atoms with Crippen LogP contribution in [0, 0.1) is 0 Å². The van der Waals surface area contributed by atoms with Gasteiger partial charge in [0.05, 0.1) is 5.56 Å². The van der Waals surface area contributed by atoms with Gasteiger partial charge in [-0.25, -0.2) is 4.79 Å². The number of carbonyl (C=O) groups is 2. The molecule has 0 saturated heterocycles. The first-order chi connectivity index (χ1) is 8.24. The molecule has 0 aliphatic rings. The van der Waals surface area contributed by atoms with Crippen molar-refractivity contribution in [3.8, 4) is 0 Å². The maximum absolute atomic E-state index is 11.4. The molecular weight excluding hydrogens is 220 g/mol. The Hall–Kier alpha value is -1.68. The molecule has 0 aliphatic carbocycles. The Morgan fingerprint density at radius 1 is 1.18 bits per heavy atom. The van der Waals surface area contributed by atoms with E-state index in [1.807, 2.05) is 6.92 Å². The third kappa shape index (κ3) is 5.26. The van der Waals surface area contributed by atoms with Gasteiger partial charge in [0, 0.05) is 6.42 Å². The smallest absolute Gasteiger partial charge is 0.297 e. The van der Waals surface area contributed by atoms with E-state index in [0.717, 1.165) is 12.8 Å². The summed E-state index contributed by atoms with van der Waals surface area (Å²) in [5.74, 6) is -0.651. The zero-order valence-corrected chi connectivity index (χ0v) is 9.85. The summed E-state index contributed by atoms with van der Waals surface area (Å²) in [6, 6.07) is 8.48. The number of carbonyl (C=O) groups excluding carboxylic acids is 2. The molecule has 0 heterocycles. The number of hydrogen-bond donors (Lipinski definition) is 0. The van der Waals surface area contributed by atoms with Crippen LogP contribution in [-0.4, -0.2) is 18.4 Å². The molecule has 0 spiro atoms. The minimum absolute atomic E-state index is 0.0623. The fourth-order valence-corrected chi connectivity index (χ4v) is 1.22. The Labute approximate surface area is 100 Å². The van der Waals surface area contributed by atoms with Gasteiger partial charge in [-0.3, -0.25) is 9.68 Å². The molecule has 1 aromatic carbocycles. The van der Waals surface area contributed by atoms with Crippen molar-refractivity contribution in [3.63, 3.8) is 0 Å². The maximum Gasteiger partial charge on any atom is 0.373 e. The molecule has 0 radical (unpaired) electrons. The third-order valence-corrected chi connectivity index (χ3v) is 2.17. The van der Waals surface area contributed by atoms with E-state index in [1.54, 1.807) is 30.3 Å². The first-order valence-corrected chi connectivity index (χ1v) is 5.64. The fraction of sp³-hybridized carbons (Fsp3) is 0.385. The molecule has 4 nitrogen and oxygen atoms in total. The summed E-state index contributed by atoms with van der Waals surface area (Å²) < 4.78 is 0. The quantitative estimate of drug-likeness (QED) is 0.539. The van der Waals surface area contributed by atoms with Crippen LogP contribution in [0.2, 0.25) is 0 Å². The highest BCUT2D eigenvalue weighted by Gasteiger charge is 2.08. The third-order valence-electron chi connectivity index (χ3n) is 2.17. The minimum atomic E-state index is -0.589. The highest BCUT2D eigenvalue weighted by molar-refractivity contribution is 5.89. The lowest BCUT2D eigenvalue weighted by molar-refractivity contribution is -0.237. The van der Waals surface area contributed by atoms with Crippen molar-refractivity contribution in [1.29, 1.82) is 0 Å². The predicted octanol–water partition coefficient (Wildman–Crippen LogP) is 2.53. The second kappa shape index (κ2) is 7.57. The molecule has 92 valence electrons. The SMILES string of the molecule is CCCCC(=O)COOC(=O)c1ccccc1. The van der Waals surface area contributed by atoms with Crippen LogP contribution in [0.4, 0.5) is 0 Å². The molecule has 0 unspecified atom stereocenters. The molecule has 0 N–H and O–H groups in total. The zero-order chi connectivity index (χ0) is 12.5. The summed E-state index contributed by atoms with van der Waals surface area (Å²) in [5.41, 5.74) is 0.397. The summed E-state index contributed by atoms with van der Waals surface area (Å²) in [4.78, 5) is 31.7. The van der Waals surface area contributed by atoms with Crippen LogP contribution in [0.1, 0.15) is 36.5 Å².